The van der Waals surface area contributed by atoms with Crippen molar-refractivity contribution in [3.63, 3.8) is 0 Å². The molecule has 0 radical (unpaired) electrons. The SMILES string of the molecule is CCCCCCSCCCSCCCCCC. The first kappa shape index (κ1) is 17.7. The summed E-state index contributed by atoms with van der Waals surface area (Å²) in [5.74, 6) is 5.55. The molecule has 0 fully saturated rings. The lowest BCUT2D eigenvalue weighted by Crippen LogP contribution is -1.89. The fraction of sp³-hybridized carbons (Fsp3) is 1.00. The van der Waals surface area contributed by atoms with Gasteiger partial charge in [0.2, 0.25) is 0 Å². The second-order valence-electron chi connectivity index (χ2n) is 4.70. The molecule has 2 heteroatoms. The Morgan fingerprint density at radius 3 is 1.29 bits per heavy atom. The van der Waals surface area contributed by atoms with E-state index in [0.717, 1.165) is 0 Å². The van der Waals surface area contributed by atoms with Crippen LogP contribution < -0.4 is 0 Å². The molecule has 0 spiro atoms. The summed E-state index contributed by atoms with van der Waals surface area (Å²) >= 11 is 4.32. The number of rotatable bonds is 14. The molecule has 104 valence electrons. The molecule has 0 aromatic heterocycles. The Hall–Kier alpha value is 0.700. The van der Waals surface area contributed by atoms with Gasteiger partial charge in [0.05, 0.1) is 0 Å². The molecule has 0 nitrogen and oxygen atoms in total. The minimum Gasteiger partial charge on any atom is -0.162 e. The highest BCUT2D eigenvalue weighted by atomic mass is 32.2. The largest absolute Gasteiger partial charge is 0.162 e. The van der Waals surface area contributed by atoms with Gasteiger partial charge in [0.25, 0.3) is 0 Å². The van der Waals surface area contributed by atoms with Crippen molar-refractivity contribution < 1.29 is 0 Å². The lowest BCUT2D eigenvalue weighted by molar-refractivity contribution is 0.706. The minimum atomic E-state index is 1.36. The van der Waals surface area contributed by atoms with Crippen molar-refractivity contribution in [2.75, 3.05) is 23.0 Å². The van der Waals surface area contributed by atoms with E-state index in [1.54, 1.807) is 0 Å². The van der Waals surface area contributed by atoms with Crippen LogP contribution in [0, 0.1) is 0 Å². The van der Waals surface area contributed by atoms with Crippen molar-refractivity contribution in [1.82, 2.24) is 0 Å². The monoisotopic (exact) mass is 276 g/mol. The Balaban J connectivity index is 2.85. The number of thioether (sulfide) groups is 2. The smallest absolute Gasteiger partial charge is 0.00597 e. The van der Waals surface area contributed by atoms with Gasteiger partial charge in [-0.15, -0.1) is 0 Å². The molecule has 0 aliphatic carbocycles. The van der Waals surface area contributed by atoms with Crippen LogP contribution in [0.1, 0.15) is 71.6 Å². The number of hydrogen-bond donors (Lipinski definition) is 0. The normalized spacial score (nSPS) is 10.9. The fourth-order valence-corrected chi connectivity index (χ4v) is 3.83. The highest BCUT2D eigenvalue weighted by Gasteiger charge is 1.93. The predicted molar refractivity (Wildman–Crippen MR) is 87.6 cm³/mol. The van der Waals surface area contributed by atoms with Crippen LogP contribution in [0.4, 0.5) is 0 Å². The first-order valence-corrected chi connectivity index (χ1v) is 9.88. The summed E-state index contributed by atoms with van der Waals surface area (Å²) in [7, 11) is 0. The molecule has 0 unspecified atom stereocenters. The molecule has 0 aliphatic heterocycles. The van der Waals surface area contributed by atoms with E-state index in [-0.39, 0.29) is 0 Å². The summed E-state index contributed by atoms with van der Waals surface area (Å²) in [6.45, 7) is 4.57. The summed E-state index contributed by atoms with van der Waals surface area (Å²) in [6, 6.07) is 0. The van der Waals surface area contributed by atoms with Crippen molar-refractivity contribution in [3.05, 3.63) is 0 Å². The molecule has 0 saturated heterocycles. The lowest BCUT2D eigenvalue weighted by atomic mass is 10.2. The van der Waals surface area contributed by atoms with E-state index in [1.165, 1.54) is 80.8 Å². The van der Waals surface area contributed by atoms with Crippen molar-refractivity contribution in [2.24, 2.45) is 0 Å². The molecule has 0 atom stereocenters. The molecule has 17 heavy (non-hydrogen) atoms. The van der Waals surface area contributed by atoms with Gasteiger partial charge in [0.1, 0.15) is 0 Å². The van der Waals surface area contributed by atoms with Gasteiger partial charge in [0, 0.05) is 0 Å². The van der Waals surface area contributed by atoms with Crippen molar-refractivity contribution in [2.45, 2.75) is 71.6 Å². The zero-order valence-electron chi connectivity index (χ0n) is 12.0. The minimum absolute atomic E-state index is 1.36. The standard InChI is InChI=1S/C15H32S2/c1-3-5-7-9-12-16-14-11-15-17-13-10-8-6-4-2/h3-15H2,1-2H3. The van der Waals surface area contributed by atoms with Gasteiger partial charge in [0.15, 0.2) is 0 Å². The van der Waals surface area contributed by atoms with Gasteiger partial charge in [-0.2, -0.15) is 23.5 Å². The Kier molecular flexibility index (Phi) is 17.4. The van der Waals surface area contributed by atoms with E-state index in [4.69, 9.17) is 0 Å². The van der Waals surface area contributed by atoms with Gasteiger partial charge in [-0.25, -0.2) is 0 Å². The third-order valence-corrected chi connectivity index (χ3v) is 5.17. The van der Waals surface area contributed by atoms with Gasteiger partial charge < -0.3 is 0 Å². The summed E-state index contributed by atoms with van der Waals surface area (Å²) in [4.78, 5) is 0. The van der Waals surface area contributed by atoms with Crippen LogP contribution in [0.25, 0.3) is 0 Å². The second kappa shape index (κ2) is 16.7. The predicted octanol–water partition coefficient (Wildman–Crippen LogP) is 6.00. The summed E-state index contributed by atoms with van der Waals surface area (Å²) in [5, 5.41) is 0. The topological polar surface area (TPSA) is 0 Å². The van der Waals surface area contributed by atoms with Crippen LogP contribution in [0.15, 0.2) is 0 Å². The molecule has 0 bridgehead atoms. The number of unbranched alkanes of at least 4 members (excludes halogenated alkanes) is 6. The quantitative estimate of drug-likeness (QED) is 0.357. The zero-order valence-corrected chi connectivity index (χ0v) is 13.6. The maximum atomic E-state index is 2.28. The molecule has 0 saturated carbocycles. The summed E-state index contributed by atoms with van der Waals surface area (Å²) in [5.41, 5.74) is 0. The van der Waals surface area contributed by atoms with Gasteiger partial charge in [-0.05, 0) is 42.3 Å². The highest BCUT2D eigenvalue weighted by molar-refractivity contribution is 8.00. The fourth-order valence-electron chi connectivity index (χ4n) is 1.73. The summed E-state index contributed by atoms with van der Waals surface area (Å²) in [6.07, 6.45) is 12.7. The van der Waals surface area contributed by atoms with Crippen molar-refractivity contribution in [1.29, 1.82) is 0 Å². The molecule has 0 heterocycles. The van der Waals surface area contributed by atoms with Crippen LogP contribution in [-0.2, 0) is 0 Å². The zero-order chi connectivity index (χ0) is 12.6. The molecule has 0 aliphatic rings. The Morgan fingerprint density at radius 2 is 0.882 bits per heavy atom. The van der Waals surface area contributed by atoms with E-state index in [0.29, 0.717) is 0 Å². The molecule has 0 amide bonds. The van der Waals surface area contributed by atoms with E-state index in [2.05, 4.69) is 37.4 Å². The molecular formula is C15H32S2. The van der Waals surface area contributed by atoms with E-state index in [1.807, 2.05) is 0 Å². The van der Waals surface area contributed by atoms with Crippen LogP contribution in [-0.4, -0.2) is 23.0 Å². The molecule has 0 aromatic carbocycles. The second-order valence-corrected chi connectivity index (χ2v) is 7.15. The Morgan fingerprint density at radius 1 is 0.471 bits per heavy atom. The lowest BCUT2D eigenvalue weighted by Gasteiger charge is -2.02. The average Bonchev–Trinajstić information content (AvgIpc) is 2.35. The molecule has 0 N–H and O–H groups in total. The molecule has 0 aromatic rings. The van der Waals surface area contributed by atoms with Crippen molar-refractivity contribution >= 4 is 23.5 Å². The number of hydrogen-bond acceptors (Lipinski definition) is 2. The van der Waals surface area contributed by atoms with E-state index in [9.17, 15) is 0 Å². The maximum Gasteiger partial charge on any atom is -0.00597 e. The van der Waals surface area contributed by atoms with Gasteiger partial charge in [-0.3, -0.25) is 0 Å². The third-order valence-electron chi connectivity index (χ3n) is 2.86. The van der Waals surface area contributed by atoms with Crippen LogP contribution >= 0.6 is 23.5 Å². The van der Waals surface area contributed by atoms with Gasteiger partial charge >= 0.3 is 0 Å². The first-order chi connectivity index (χ1) is 8.41. The summed E-state index contributed by atoms with van der Waals surface area (Å²) < 4.78 is 0. The first-order valence-electron chi connectivity index (χ1n) is 7.57. The third kappa shape index (κ3) is 16.7. The molecule has 0 rings (SSSR count). The van der Waals surface area contributed by atoms with Crippen LogP contribution in [0.3, 0.4) is 0 Å². The van der Waals surface area contributed by atoms with Crippen LogP contribution in [0.5, 0.6) is 0 Å². The highest BCUT2D eigenvalue weighted by Crippen LogP contribution is 2.13. The average molecular weight is 277 g/mol. The maximum absolute atomic E-state index is 2.28. The van der Waals surface area contributed by atoms with E-state index < -0.39 is 0 Å². The van der Waals surface area contributed by atoms with Crippen molar-refractivity contribution in [3.8, 4) is 0 Å². The Bertz CT molecular complexity index is 112. The van der Waals surface area contributed by atoms with Gasteiger partial charge in [-0.1, -0.05) is 52.4 Å². The van der Waals surface area contributed by atoms with E-state index >= 15 is 0 Å². The molecular weight excluding hydrogens is 244 g/mol. The van der Waals surface area contributed by atoms with Crippen LogP contribution in [0.2, 0.25) is 0 Å². The Labute approximate surface area is 118 Å².